The molecule has 0 radical (unpaired) electrons. The first kappa shape index (κ1) is 12.4. The highest BCUT2D eigenvalue weighted by Gasteiger charge is 2.10. The van der Waals surface area contributed by atoms with E-state index in [-0.39, 0.29) is 11.7 Å². The van der Waals surface area contributed by atoms with Crippen LogP contribution in [0.4, 0.5) is 0 Å². The number of hydrogen-bond acceptors (Lipinski definition) is 4. The average Bonchev–Trinajstić information content (AvgIpc) is 2.90. The van der Waals surface area contributed by atoms with Crippen molar-refractivity contribution >= 4 is 18.5 Å². The third-order valence-corrected chi connectivity index (χ3v) is 2.48. The predicted octanol–water partition coefficient (Wildman–Crippen LogP) is -0.111. The van der Waals surface area contributed by atoms with Gasteiger partial charge in [-0.1, -0.05) is 24.3 Å². The third-order valence-electron chi connectivity index (χ3n) is 2.48. The smallest absolute Gasteiger partial charge is 0.459 e. The molecule has 0 unspecified atom stereocenters. The summed E-state index contributed by atoms with van der Waals surface area (Å²) in [6.45, 7) is 0.349. The Labute approximate surface area is 104 Å². The minimum atomic E-state index is -1.48. The Morgan fingerprint density at radius 2 is 1.94 bits per heavy atom. The summed E-state index contributed by atoms with van der Waals surface area (Å²) >= 11 is 0. The fourth-order valence-corrected chi connectivity index (χ4v) is 1.48. The van der Waals surface area contributed by atoms with Crippen molar-refractivity contribution in [2.45, 2.75) is 6.54 Å². The second kappa shape index (κ2) is 5.53. The van der Waals surface area contributed by atoms with E-state index in [1.165, 1.54) is 6.26 Å². The number of nitrogens with one attached hydrogen (secondary N) is 1. The summed E-state index contributed by atoms with van der Waals surface area (Å²) in [4.78, 5) is 11.6. The molecule has 1 heterocycles. The Morgan fingerprint density at radius 3 is 2.50 bits per heavy atom. The van der Waals surface area contributed by atoms with Crippen molar-refractivity contribution in [3.63, 3.8) is 0 Å². The van der Waals surface area contributed by atoms with E-state index in [9.17, 15) is 4.79 Å². The van der Waals surface area contributed by atoms with Crippen LogP contribution in [0.15, 0.2) is 47.1 Å². The van der Waals surface area contributed by atoms with Crippen molar-refractivity contribution in [2.75, 3.05) is 0 Å². The molecule has 92 valence electrons. The van der Waals surface area contributed by atoms with E-state index in [4.69, 9.17) is 14.5 Å². The van der Waals surface area contributed by atoms with Crippen molar-refractivity contribution in [2.24, 2.45) is 0 Å². The van der Waals surface area contributed by atoms with Gasteiger partial charge in [-0.3, -0.25) is 4.79 Å². The number of benzene rings is 1. The van der Waals surface area contributed by atoms with Crippen LogP contribution in [0.3, 0.4) is 0 Å². The SMILES string of the molecule is O=C(NCc1ccc(B(O)O)cc1)c1ccco1. The Kier molecular flexibility index (Phi) is 3.81. The van der Waals surface area contributed by atoms with Crippen LogP contribution in [-0.4, -0.2) is 23.1 Å². The van der Waals surface area contributed by atoms with Gasteiger partial charge < -0.3 is 19.8 Å². The summed E-state index contributed by atoms with van der Waals surface area (Å²) in [5.74, 6) is -0.0244. The van der Waals surface area contributed by atoms with Crippen LogP contribution in [0, 0.1) is 0 Å². The second-order valence-corrected chi connectivity index (χ2v) is 3.78. The Morgan fingerprint density at radius 1 is 1.22 bits per heavy atom. The molecule has 18 heavy (non-hydrogen) atoms. The zero-order valence-corrected chi connectivity index (χ0v) is 9.54. The maximum absolute atomic E-state index is 11.6. The molecule has 1 amide bonds. The van der Waals surface area contributed by atoms with Gasteiger partial charge in [-0.25, -0.2) is 0 Å². The van der Waals surface area contributed by atoms with Gasteiger partial charge in [0.25, 0.3) is 5.91 Å². The lowest BCUT2D eigenvalue weighted by Gasteiger charge is -2.05. The van der Waals surface area contributed by atoms with E-state index in [0.29, 0.717) is 12.0 Å². The van der Waals surface area contributed by atoms with E-state index < -0.39 is 7.12 Å². The van der Waals surface area contributed by atoms with Crippen molar-refractivity contribution < 1.29 is 19.3 Å². The molecular formula is C12H12BNO4. The molecule has 0 atom stereocenters. The number of carbonyl (C=O) groups excluding carboxylic acids is 1. The molecule has 2 rings (SSSR count). The highest BCUT2D eigenvalue weighted by Crippen LogP contribution is 2.01. The molecule has 0 saturated carbocycles. The largest absolute Gasteiger partial charge is 0.488 e. The van der Waals surface area contributed by atoms with E-state index in [0.717, 1.165) is 5.56 Å². The van der Waals surface area contributed by atoms with Gasteiger partial charge in [0.05, 0.1) is 6.26 Å². The normalized spacial score (nSPS) is 10.1. The topological polar surface area (TPSA) is 82.7 Å². The average molecular weight is 245 g/mol. The summed E-state index contributed by atoms with van der Waals surface area (Å²) in [7, 11) is -1.48. The molecule has 0 spiro atoms. The van der Waals surface area contributed by atoms with Crippen molar-refractivity contribution in [3.05, 3.63) is 54.0 Å². The fourth-order valence-electron chi connectivity index (χ4n) is 1.48. The number of amides is 1. The maximum atomic E-state index is 11.6. The molecule has 1 aromatic heterocycles. The standard InChI is InChI=1S/C12H12BNO4/c15-12(11-2-1-7-18-11)14-8-9-3-5-10(6-4-9)13(16)17/h1-7,16-17H,8H2,(H,14,15). The summed E-state index contributed by atoms with van der Waals surface area (Å²) in [6.07, 6.45) is 1.44. The molecule has 1 aromatic carbocycles. The van der Waals surface area contributed by atoms with Gasteiger partial charge in [0.15, 0.2) is 5.76 Å². The van der Waals surface area contributed by atoms with Gasteiger partial charge in [0.1, 0.15) is 0 Å². The van der Waals surface area contributed by atoms with Crippen LogP contribution in [0.2, 0.25) is 0 Å². The van der Waals surface area contributed by atoms with Crippen LogP contribution >= 0.6 is 0 Å². The monoisotopic (exact) mass is 245 g/mol. The molecule has 0 bridgehead atoms. The van der Waals surface area contributed by atoms with Crippen molar-refractivity contribution in [1.82, 2.24) is 5.32 Å². The first-order valence-electron chi connectivity index (χ1n) is 5.43. The van der Waals surface area contributed by atoms with Crippen molar-refractivity contribution in [3.8, 4) is 0 Å². The van der Waals surface area contributed by atoms with Crippen LogP contribution < -0.4 is 10.8 Å². The molecule has 0 aliphatic rings. The van der Waals surface area contributed by atoms with Gasteiger partial charge in [0, 0.05) is 6.54 Å². The molecule has 0 saturated heterocycles. The fraction of sp³-hybridized carbons (Fsp3) is 0.0833. The van der Waals surface area contributed by atoms with Gasteiger partial charge in [-0.15, -0.1) is 0 Å². The highest BCUT2D eigenvalue weighted by atomic mass is 16.4. The van der Waals surface area contributed by atoms with E-state index in [2.05, 4.69) is 5.32 Å². The number of furan rings is 1. The maximum Gasteiger partial charge on any atom is 0.488 e. The molecule has 0 aliphatic heterocycles. The van der Waals surface area contributed by atoms with E-state index in [1.807, 2.05) is 0 Å². The van der Waals surface area contributed by atoms with Crippen LogP contribution in [0.25, 0.3) is 0 Å². The highest BCUT2D eigenvalue weighted by molar-refractivity contribution is 6.58. The Balaban J connectivity index is 1.92. The summed E-state index contributed by atoms with van der Waals surface area (Å²) in [5.41, 5.74) is 1.27. The second-order valence-electron chi connectivity index (χ2n) is 3.78. The van der Waals surface area contributed by atoms with Crippen LogP contribution in [0.1, 0.15) is 16.1 Å². The lowest BCUT2D eigenvalue weighted by molar-refractivity contribution is 0.0923. The molecule has 5 nitrogen and oxygen atoms in total. The molecule has 6 heteroatoms. The Bertz CT molecular complexity index is 507. The number of carbonyl (C=O) groups is 1. The summed E-state index contributed by atoms with van der Waals surface area (Å²) < 4.78 is 4.96. The van der Waals surface area contributed by atoms with Gasteiger partial charge in [-0.2, -0.15) is 0 Å². The van der Waals surface area contributed by atoms with E-state index >= 15 is 0 Å². The van der Waals surface area contributed by atoms with E-state index in [1.54, 1.807) is 36.4 Å². The van der Waals surface area contributed by atoms with Crippen molar-refractivity contribution in [1.29, 1.82) is 0 Å². The summed E-state index contributed by atoms with van der Waals surface area (Å²) in [6, 6.07) is 9.86. The van der Waals surface area contributed by atoms with Crippen LogP contribution in [0.5, 0.6) is 0 Å². The zero-order chi connectivity index (χ0) is 13.0. The molecule has 0 aliphatic carbocycles. The lowest BCUT2D eigenvalue weighted by Crippen LogP contribution is -2.29. The summed E-state index contributed by atoms with van der Waals surface area (Å²) in [5, 5.41) is 20.6. The quantitative estimate of drug-likeness (QED) is 0.656. The Hall–Kier alpha value is -2.05. The number of rotatable bonds is 4. The van der Waals surface area contributed by atoms with Gasteiger partial charge in [-0.05, 0) is 23.2 Å². The molecule has 0 fully saturated rings. The third kappa shape index (κ3) is 3.00. The molecule has 3 N–H and O–H groups in total. The van der Waals surface area contributed by atoms with Gasteiger partial charge in [0.2, 0.25) is 0 Å². The zero-order valence-electron chi connectivity index (χ0n) is 9.54. The first-order chi connectivity index (χ1) is 8.66. The first-order valence-corrected chi connectivity index (χ1v) is 5.43. The van der Waals surface area contributed by atoms with Gasteiger partial charge >= 0.3 is 7.12 Å². The minimum Gasteiger partial charge on any atom is -0.459 e. The molecule has 2 aromatic rings. The minimum absolute atomic E-state index is 0.261. The molecular weight excluding hydrogens is 233 g/mol. The van der Waals surface area contributed by atoms with Crippen LogP contribution in [-0.2, 0) is 6.54 Å². The number of hydrogen-bond donors (Lipinski definition) is 3. The predicted molar refractivity (Wildman–Crippen MR) is 66.1 cm³/mol. The lowest BCUT2D eigenvalue weighted by atomic mass is 9.80.